The van der Waals surface area contributed by atoms with Crippen LogP contribution in [0.5, 0.6) is 5.75 Å². The molecule has 0 radical (unpaired) electrons. The third-order valence-electron chi connectivity index (χ3n) is 3.19. The molecule has 0 amide bonds. The maximum Gasteiger partial charge on any atom is 0.196 e. The summed E-state index contributed by atoms with van der Waals surface area (Å²) >= 11 is 0. The van der Waals surface area contributed by atoms with Crippen molar-refractivity contribution in [1.29, 1.82) is 0 Å². The van der Waals surface area contributed by atoms with Crippen molar-refractivity contribution < 1.29 is 14.9 Å². The number of aliphatic hydroxyl groups excluding tert-OH is 1. The summed E-state index contributed by atoms with van der Waals surface area (Å²) in [7, 11) is 0. The number of ether oxygens (including phenoxy) is 1. The van der Waals surface area contributed by atoms with Gasteiger partial charge in [-0.15, -0.1) is 0 Å². The Kier molecular flexibility index (Phi) is 4.56. The largest absolute Gasteiger partial charge is 0.493 e. The summed E-state index contributed by atoms with van der Waals surface area (Å²) in [6.07, 6.45) is 5.23. The quantitative estimate of drug-likeness (QED) is 0.801. The van der Waals surface area contributed by atoms with E-state index in [1.165, 1.54) is 0 Å². The molecule has 0 aliphatic heterocycles. The van der Waals surface area contributed by atoms with Crippen LogP contribution < -0.4 is 4.74 Å². The van der Waals surface area contributed by atoms with Crippen molar-refractivity contribution in [2.24, 2.45) is 5.92 Å². The van der Waals surface area contributed by atoms with Crippen LogP contribution in [0.4, 0.5) is 0 Å². The van der Waals surface area contributed by atoms with Crippen molar-refractivity contribution in [1.82, 2.24) is 4.98 Å². The summed E-state index contributed by atoms with van der Waals surface area (Å²) in [6.45, 7) is 4.94. The minimum Gasteiger partial charge on any atom is -0.493 e. The van der Waals surface area contributed by atoms with Gasteiger partial charge in [0.2, 0.25) is 0 Å². The molecule has 0 unspecified atom stereocenters. The first-order valence-corrected chi connectivity index (χ1v) is 6.77. The predicted octanol–water partition coefficient (Wildman–Crippen LogP) is 2.45. The zero-order chi connectivity index (χ0) is 13.8. The zero-order valence-corrected chi connectivity index (χ0v) is 11.5. The molecule has 1 aromatic rings. The molecule has 0 saturated carbocycles. The number of aliphatic hydroxyl groups is 2. The third kappa shape index (κ3) is 3.55. The Morgan fingerprint density at radius 2 is 2.16 bits per heavy atom. The first-order valence-electron chi connectivity index (χ1n) is 6.77. The topological polar surface area (TPSA) is 62.6 Å². The highest BCUT2D eigenvalue weighted by Gasteiger charge is 2.17. The van der Waals surface area contributed by atoms with Gasteiger partial charge in [-0.2, -0.15) is 0 Å². The maximum absolute atomic E-state index is 9.28. The van der Waals surface area contributed by atoms with E-state index >= 15 is 0 Å². The number of allylic oxidation sites excluding steroid dienone is 1. The summed E-state index contributed by atoms with van der Waals surface area (Å²) in [5, 5.41) is 18.6. The predicted molar refractivity (Wildman–Crippen MR) is 73.7 cm³/mol. The molecule has 1 aliphatic rings. The van der Waals surface area contributed by atoms with Crippen LogP contribution in [0.3, 0.4) is 0 Å². The number of rotatable bonds is 5. The molecule has 4 nitrogen and oxygen atoms in total. The van der Waals surface area contributed by atoms with Gasteiger partial charge >= 0.3 is 0 Å². The molecule has 0 spiro atoms. The minimum atomic E-state index is -1.56. The molecule has 0 aromatic carbocycles. The summed E-state index contributed by atoms with van der Waals surface area (Å²) in [5.41, 5.74) is 2.09. The van der Waals surface area contributed by atoms with Crippen LogP contribution in [0, 0.1) is 5.92 Å². The lowest BCUT2D eigenvalue weighted by Crippen LogP contribution is -2.10. The van der Waals surface area contributed by atoms with E-state index in [-0.39, 0.29) is 5.69 Å². The molecule has 2 N–H and O–H groups in total. The molecule has 1 heterocycles. The fraction of sp³-hybridized carbons (Fsp3) is 0.533. The van der Waals surface area contributed by atoms with E-state index in [2.05, 4.69) is 18.8 Å². The van der Waals surface area contributed by atoms with Crippen molar-refractivity contribution in [3.8, 4) is 5.75 Å². The van der Waals surface area contributed by atoms with Crippen LogP contribution in [-0.4, -0.2) is 21.8 Å². The van der Waals surface area contributed by atoms with E-state index in [0.29, 0.717) is 12.5 Å². The van der Waals surface area contributed by atoms with Crippen molar-refractivity contribution in [3.05, 3.63) is 29.1 Å². The van der Waals surface area contributed by atoms with E-state index in [1.807, 2.05) is 12.2 Å². The average Bonchev–Trinajstić information content (AvgIpc) is 2.38. The summed E-state index contributed by atoms with van der Waals surface area (Å²) < 4.78 is 5.81. The first kappa shape index (κ1) is 14.0. The van der Waals surface area contributed by atoms with E-state index in [4.69, 9.17) is 4.74 Å². The summed E-state index contributed by atoms with van der Waals surface area (Å²) in [6, 6.07) is 1.64. The Morgan fingerprint density at radius 3 is 2.84 bits per heavy atom. The lowest BCUT2D eigenvalue weighted by Gasteiger charge is -2.18. The lowest BCUT2D eigenvalue weighted by molar-refractivity contribution is -0.0460. The molecule has 1 aromatic heterocycles. The van der Waals surface area contributed by atoms with Crippen molar-refractivity contribution in [2.45, 2.75) is 39.4 Å². The molecule has 4 heteroatoms. The van der Waals surface area contributed by atoms with Gasteiger partial charge in [-0.25, -0.2) is 4.98 Å². The zero-order valence-electron chi connectivity index (χ0n) is 11.5. The van der Waals surface area contributed by atoms with Gasteiger partial charge in [0.25, 0.3) is 0 Å². The van der Waals surface area contributed by atoms with E-state index in [1.54, 1.807) is 6.07 Å². The van der Waals surface area contributed by atoms with Crippen molar-refractivity contribution in [3.63, 3.8) is 0 Å². The second kappa shape index (κ2) is 6.17. The van der Waals surface area contributed by atoms with Gasteiger partial charge in [-0.3, -0.25) is 0 Å². The SMILES string of the molecule is CC(C)CCOc1cc(C(O)O)nc2c1CCC=C2. The molecule has 1 aliphatic carbocycles. The minimum absolute atomic E-state index is 0.241. The Hall–Kier alpha value is -1.39. The highest BCUT2D eigenvalue weighted by atomic mass is 16.5. The van der Waals surface area contributed by atoms with Gasteiger partial charge in [0.1, 0.15) is 11.4 Å². The molecule has 104 valence electrons. The molecule has 0 atom stereocenters. The monoisotopic (exact) mass is 263 g/mol. The van der Waals surface area contributed by atoms with Crippen LogP contribution in [0.2, 0.25) is 0 Å². The second-order valence-corrected chi connectivity index (χ2v) is 5.25. The first-order chi connectivity index (χ1) is 9.08. The molecular weight excluding hydrogens is 242 g/mol. The van der Waals surface area contributed by atoms with Gasteiger partial charge in [-0.05, 0) is 31.3 Å². The third-order valence-corrected chi connectivity index (χ3v) is 3.19. The van der Waals surface area contributed by atoms with Gasteiger partial charge in [0, 0.05) is 11.6 Å². The summed E-state index contributed by atoms with van der Waals surface area (Å²) in [4.78, 5) is 4.25. The molecular formula is C15H21NO3. The average molecular weight is 263 g/mol. The number of fused-ring (bicyclic) bond motifs is 1. The van der Waals surface area contributed by atoms with Crippen LogP contribution >= 0.6 is 0 Å². The van der Waals surface area contributed by atoms with Crippen LogP contribution in [0.25, 0.3) is 6.08 Å². The Bertz CT molecular complexity index is 467. The van der Waals surface area contributed by atoms with Crippen LogP contribution in [-0.2, 0) is 6.42 Å². The maximum atomic E-state index is 9.28. The standard InChI is InChI=1S/C15H21NO3/c1-10(2)7-8-19-14-9-13(15(17)18)16-12-6-4-3-5-11(12)14/h4,6,9-10,15,17-18H,3,5,7-8H2,1-2H3. The molecule has 0 saturated heterocycles. The molecule has 19 heavy (non-hydrogen) atoms. The molecule has 0 bridgehead atoms. The van der Waals surface area contributed by atoms with Crippen LogP contribution in [0.1, 0.15) is 49.9 Å². The Morgan fingerprint density at radius 1 is 1.37 bits per heavy atom. The fourth-order valence-electron chi connectivity index (χ4n) is 2.06. The van der Waals surface area contributed by atoms with Gasteiger partial charge < -0.3 is 14.9 Å². The second-order valence-electron chi connectivity index (χ2n) is 5.25. The highest BCUT2D eigenvalue weighted by Crippen LogP contribution is 2.30. The fourth-order valence-corrected chi connectivity index (χ4v) is 2.06. The Labute approximate surface area is 113 Å². The number of nitrogens with zero attached hydrogens (tertiary/aromatic N) is 1. The van der Waals surface area contributed by atoms with Crippen molar-refractivity contribution in [2.75, 3.05) is 6.61 Å². The van der Waals surface area contributed by atoms with Gasteiger partial charge in [0.05, 0.1) is 12.3 Å². The van der Waals surface area contributed by atoms with Crippen LogP contribution in [0.15, 0.2) is 12.1 Å². The normalized spacial score (nSPS) is 14.0. The Balaban J connectivity index is 2.24. The van der Waals surface area contributed by atoms with Gasteiger partial charge in [-0.1, -0.05) is 19.9 Å². The number of aromatic nitrogens is 1. The number of hydrogen-bond acceptors (Lipinski definition) is 4. The van der Waals surface area contributed by atoms with E-state index in [9.17, 15) is 10.2 Å². The smallest absolute Gasteiger partial charge is 0.196 e. The molecule has 0 fully saturated rings. The van der Waals surface area contributed by atoms with Gasteiger partial charge in [0.15, 0.2) is 6.29 Å². The van der Waals surface area contributed by atoms with E-state index < -0.39 is 6.29 Å². The number of pyridine rings is 1. The summed E-state index contributed by atoms with van der Waals surface area (Å²) in [5.74, 6) is 1.32. The van der Waals surface area contributed by atoms with E-state index in [0.717, 1.165) is 36.3 Å². The van der Waals surface area contributed by atoms with Crippen molar-refractivity contribution >= 4 is 6.08 Å². The number of hydrogen-bond donors (Lipinski definition) is 2. The lowest BCUT2D eigenvalue weighted by atomic mass is 10.0. The highest BCUT2D eigenvalue weighted by molar-refractivity contribution is 5.57. The molecule has 2 rings (SSSR count).